The lowest BCUT2D eigenvalue weighted by Crippen LogP contribution is -2.38. The molecule has 0 saturated carbocycles. The number of aromatic amines is 1. The van der Waals surface area contributed by atoms with E-state index in [1.807, 2.05) is 78.9 Å². The van der Waals surface area contributed by atoms with E-state index in [4.69, 9.17) is 23.5 Å². The molecular weight excluding hydrogens is 615 g/mol. The Morgan fingerprint density at radius 2 is 1.49 bits per heavy atom. The summed E-state index contributed by atoms with van der Waals surface area (Å²) < 4.78 is 45.0. The Kier molecular flexibility index (Phi) is 10.1. The highest BCUT2D eigenvalue weighted by atomic mass is 32.7. The molecule has 0 radical (unpaired) electrons. The summed E-state index contributed by atoms with van der Waals surface area (Å²) in [6.45, 7) is 0.131. The van der Waals surface area contributed by atoms with Gasteiger partial charge in [-0.3, -0.25) is 18.9 Å². The number of H-pyrrole nitrogens is 1. The zero-order valence-electron chi connectivity index (χ0n) is 25.8. The van der Waals surface area contributed by atoms with Gasteiger partial charge in [0, 0.05) is 24.8 Å². The van der Waals surface area contributed by atoms with Crippen LogP contribution in [0.1, 0.15) is 34.9 Å². The van der Waals surface area contributed by atoms with Crippen LogP contribution in [0.25, 0.3) is 0 Å². The average Bonchev–Trinajstić information content (AvgIpc) is 3.45. The first-order valence-corrected chi connectivity index (χ1v) is 18.3. The van der Waals surface area contributed by atoms with Crippen LogP contribution in [-0.2, 0) is 24.2 Å². The SMILES string of the molecule is COc1ccc(C(OC[C@H]2O[C@@H](n3cc(C)c(=O)[nH]c3=O)C[C@@H]2OP(C)(=O)SC)(c2ccccc2)c2ccc(OC)cc2)cc1. The van der Waals surface area contributed by atoms with Crippen LogP contribution in [0.5, 0.6) is 11.5 Å². The molecule has 1 fully saturated rings. The molecule has 1 unspecified atom stereocenters. The van der Waals surface area contributed by atoms with Gasteiger partial charge >= 0.3 is 5.69 Å². The summed E-state index contributed by atoms with van der Waals surface area (Å²) >= 11 is 1.14. The van der Waals surface area contributed by atoms with Crippen molar-refractivity contribution in [2.45, 2.75) is 37.4 Å². The highest BCUT2D eigenvalue weighted by molar-refractivity contribution is 8.56. The van der Waals surface area contributed by atoms with E-state index in [9.17, 15) is 14.2 Å². The van der Waals surface area contributed by atoms with Crippen molar-refractivity contribution < 1.29 is 28.0 Å². The highest BCUT2D eigenvalue weighted by Gasteiger charge is 2.44. The predicted octanol–water partition coefficient (Wildman–Crippen LogP) is 5.73. The minimum Gasteiger partial charge on any atom is -0.497 e. The Hall–Kier alpha value is -3.60. The summed E-state index contributed by atoms with van der Waals surface area (Å²) in [6.07, 6.45) is 1.26. The zero-order valence-corrected chi connectivity index (χ0v) is 27.5. The van der Waals surface area contributed by atoms with Crippen LogP contribution in [0.2, 0.25) is 0 Å². The van der Waals surface area contributed by atoms with Crippen molar-refractivity contribution >= 4 is 18.0 Å². The summed E-state index contributed by atoms with van der Waals surface area (Å²) in [7, 11) is 3.23. The Morgan fingerprint density at radius 3 is 2.02 bits per heavy atom. The topological polar surface area (TPSA) is 118 Å². The second-order valence-electron chi connectivity index (χ2n) is 10.8. The summed E-state index contributed by atoms with van der Waals surface area (Å²) in [5.74, 6) is 1.39. The maximum absolute atomic E-state index is 13.2. The Bertz CT molecular complexity index is 1710. The first-order valence-electron chi connectivity index (χ1n) is 14.4. The molecule has 2 heterocycles. The van der Waals surface area contributed by atoms with Gasteiger partial charge in [-0.15, -0.1) is 0 Å². The molecule has 1 aliphatic rings. The summed E-state index contributed by atoms with van der Waals surface area (Å²) in [6, 6.07) is 25.2. The molecule has 1 aromatic heterocycles. The maximum Gasteiger partial charge on any atom is 0.330 e. The highest BCUT2D eigenvalue weighted by Crippen LogP contribution is 2.57. The standard InChI is InChI=1S/C33H37N2O8PS/c1-22-20-35(32(37)34-31(22)36)30-19-28(43-44(4,38)45-5)29(42-30)21-41-33(23-9-7-6-8-10-23,24-11-15-26(39-2)16-12-24)25-13-17-27(40-3)18-14-25/h6-18,20,28-30H,19,21H2,1-5H3,(H,34,36,37)/t28-,29+,30+,44?/m0/s1. The minimum absolute atomic E-state index is 0.0135. The number of rotatable bonds is 12. The minimum atomic E-state index is -3.06. The maximum atomic E-state index is 13.2. The van der Waals surface area contributed by atoms with E-state index < -0.39 is 41.9 Å². The summed E-state index contributed by atoms with van der Waals surface area (Å²) in [4.78, 5) is 27.2. The monoisotopic (exact) mass is 652 g/mol. The van der Waals surface area contributed by atoms with Gasteiger partial charge in [0.05, 0.1) is 26.9 Å². The number of hydrogen-bond donors (Lipinski definition) is 1. The van der Waals surface area contributed by atoms with Gasteiger partial charge in [-0.2, -0.15) is 0 Å². The van der Waals surface area contributed by atoms with Gasteiger partial charge in [0.1, 0.15) is 29.4 Å². The molecule has 12 heteroatoms. The molecule has 238 valence electrons. The molecule has 0 amide bonds. The van der Waals surface area contributed by atoms with Crippen molar-refractivity contribution in [3.05, 3.63) is 128 Å². The first kappa shape index (κ1) is 32.8. The molecule has 4 aromatic rings. The van der Waals surface area contributed by atoms with E-state index in [0.717, 1.165) is 28.1 Å². The normalized spacial score (nSPS) is 19.6. The lowest BCUT2D eigenvalue weighted by atomic mass is 9.80. The fourth-order valence-electron chi connectivity index (χ4n) is 5.50. The van der Waals surface area contributed by atoms with E-state index in [-0.39, 0.29) is 13.0 Å². The van der Waals surface area contributed by atoms with Gasteiger partial charge < -0.3 is 23.5 Å². The quantitative estimate of drug-likeness (QED) is 0.151. The van der Waals surface area contributed by atoms with E-state index in [0.29, 0.717) is 17.1 Å². The largest absolute Gasteiger partial charge is 0.497 e. The Balaban J connectivity index is 1.59. The second-order valence-corrected chi connectivity index (χ2v) is 16.0. The molecule has 0 spiro atoms. The molecular formula is C33H37N2O8PS. The van der Waals surface area contributed by atoms with Crippen molar-refractivity contribution in [2.75, 3.05) is 33.7 Å². The van der Waals surface area contributed by atoms with Crippen LogP contribution >= 0.6 is 18.0 Å². The molecule has 45 heavy (non-hydrogen) atoms. The average molecular weight is 653 g/mol. The van der Waals surface area contributed by atoms with Gasteiger partial charge in [-0.25, -0.2) is 4.79 Å². The fourth-order valence-corrected chi connectivity index (χ4v) is 6.89. The molecule has 1 saturated heterocycles. The third kappa shape index (κ3) is 6.98. The number of ether oxygens (including phenoxy) is 4. The number of aromatic nitrogens is 2. The number of benzene rings is 3. The van der Waals surface area contributed by atoms with Gasteiger partial charge in [0.25, 0.3) is 12.1 Å². The van der Waals surface area contributed by atoms with Gasteiger partial charge in [-0.05, 0) is 54.1 Å². The van der Waals surface area contributed by atoms with Gasteiger partial charge in [-0.1, -0.05) is 66.0 Å². The van der Waals surface area contributed by atoms with E-state index >= 15 is 0 Å². The Morgan fingerprint density at radius 1 is 0.933 bits per heavy atom. The fraction of sp³-hybridized carbons (Fsp3) is 0.333. The van der Waals surface area contributed by atoms with Crippen LogP contribution in [0.4, 0.5) is 0 Å². The van der Waals surface area contributed by atoms with Crippen molar-refractivity contribution in [1.29, 1.82) is 0 Å². The predicted molar refractivity (Wildman–Crippen MR) is 175 cm³/mol. The number of nitrogens with zero attached hydrogens (tertiary/aromatic N) is 1. The summed E-state index contributed by atoms with van der Waals surface area (Å²) in [5.41, 5.74) is 0.721. The number of hydrogen-bond acceptors (Lipinski definition) is 9. The van der Waals surface area contributed by atoms with E-state index in [1.165, 1.54) is 10.8 Å². The molecule has 10 nitrogen and oxygen atoms in total. The third-order valence-corrected chi connectivity index (χ3v) is 11.5. The molecule has 4 atom stereocenters. The van der Waals surface area contributed by atoms with Crippen LogP contribution in [0.3, 0.4) is 0 Å². The van der Waals surface area contributed by atoms with Crippen molar-refractivity contribution in [1.82, 2.24) is 9.55 Å². The van der Waals surface area contributed by atoms with Crippen LogP contribution in [0, 0.1) is 6.92 Å². The van der Waals surface area contributed by atoms with E-state index in [2.05, 4.69) is 4.98 Å². The second kappa shape index (κ2) is 13.8. The summed E-state index contributed by atoms with van der Waals surface area (Å²) in [5, 5.41) is 0. The van der Waals surface area contributed by atoms with Crippen molar-refractivity contribution in [3.63, 3.8) is 0 Å². The van der Waals surface area contributed by atoms with Crippen molar-refractivity contribution in [2.24, 2.45) is 0 Å². The molecule has 1 aliphatic heterocycles. The number of aryl methyl sites for hydroxylation is 1. The smallest absolute Gasteiger partial charge is 0.330 e. The van der Waals surface area contributed by atoms with Crippen LogP contribution in [-0.4, -0.2) is 55.5 Å². The van der Waals surface area contributed by atoms with Crippen LogP contribution in [0.15, 0.2) is 94.6 Å². The number of methoxy groups -OCH3 is 2. The molecule has 0 bridgehead atoms. The van der Waals surface area contributed by atoms with E-state index in [1.54, 1.807) is 34.1 Å². The third-order valence-electron chi connectivity index (χ3n) is 7.93. The van der Waals surface area contributed by atoms with Gasteiger partial charge in [0.2, 0.25) is 0 Å². The van der Waals surface area contributed by atoms with Crippen molar-refractivity contribution in [3.8, 4) is 11.5 Å². The molecule has 0 aliphatic carbocycles. The number of nitrogens with one attached hydrogen (secondary N) is 1. The zero-order chi connectivity index (χ0) is 32.2. The lowest BCUT2D eigenvalue weighted by Gasteiger charge is -2.37. The molecule has 5 rings (SSSR count). The van der Waals surface area contributed by atoms with Gasteiger partial charge in [0.15, 0.2) is 0 Å². The van der Waals surface area contributed by atoms with Crippen LogP contribution < -0.4 is 20.7 Å². The molecule has 1 N–H and O–H groups in total. The molecule has 3 aromatic carbocycles. The first-order chi connectivity index (χ1) is 21.6. The Labute approximate surface area is 265 Å². The lowest BCUT2D eigenvalue weighted by molar-refractivity contribution is -0.0911.